The van der Waals surface area contributed by atoms with E-state index in [1.54, 1.807) is 0 Å². The molecule has 6 nitrogen and oxygen atoms in total. The fourth-order valence-corrected chi connectivity index (χ4v) is 5.22. The molecule has 1 aromatic rings. The fraction of sp³-hybridized carbons (Fsp3) is 0.533. The van der Waals surface area contributed by atoms with Gasteiger partial charge in [-0.2, -0.15) is 8.78 Å². The van der Waals surface area contributed by atoms with Gasteiger partial charge < -0.3 is 4.90 Å². The lowest BCUT2D eigenvalue weighted by molar-refractivity contribution is 0.0697. The van der Waals surface area contributed by atoms with E-state index < -0.39 is 42.3 Å². The molecule has 0 aromatic heterocycles. The second kappa shape index (κ2) is 7.36. The molecule has 140 valence electrons. The maximum Gasteiger partial charge on any atom is 0.341 e. The quantitative estimate of drug-likeness (QED) is 0.732. The van der Waals surface area contributed by atoms with Crippen molar-refractivity contribution in [3.63, 3.8) is 0 Å². The number of amides is 1. The first-order valence-corrected chi connectivity index (χ1v) is 11.1. The van der Waals surface area contributed by atoms with E-state index >= 15 is 0 Å². The van der Waals surface area contributed by atoms with E-state index in [1.165, 1.54) is 17.0 Å². The minimum absolute atomic E-state index is 0.0245. The molecule has 0 aliphatic carbocycles. The number of carbonyl (C=O) groups excluding carboxylic acids is 1. The summed E-state index contributed by atoms with van der Waals surface area (Å²) in [5.41, 5.74) is 0.131. The van der Waals surface area contributed by atoms with E-state index in [4.69, 9.17) is 0 Å². The average molecular weight is 395 g/mol. The molecule has 2 rings (SSSR count). The molecule has 0 bridgehead atoms. The van der Waals surface area contributed by atoms with Gasteiger partial charge in [0.25, 0.3) is 5.91 Å². The molecule has 25 heavy (non-hydrogen) atoms. The summed E-state index contributed by atoms with van der Waals surface area (Å²) in [4.78, 5) is 13.6. The summed E-state index contributed by atoms with van der Waals surface area (Å²) in [6.07, 6.45) is 0.978. The van der Waals surface area contributed by atoms with Crippen molar-refractivity contribution in [2.75, 3.05) is 18.1 Å². The SMILES string of the molecule is CCCN(C(=O)c1ccc(S(=O)(=O)C(F)F)cc1)C1CCS(=O)(=O)C1. The van der Waals surface area contributed by atoms with Crippen LogP contribution in [0.4, 0.5) is 8.78 Å². The lowest BCUT2D eigenvalue weighted by Gasteiger charge is -2.28. The van der Waals surface area contributed by atoms with Crippen LogP contribution in [-0.4, -0.2) is 57.5 Å². The minimum Gasteiger partial charge on any atom is -0.335 e. The average Bonchev–Trinajstić information content (AvgIpc) is 2.91. The molecule has 1 heterocycles. The summed E-state index contributed by atoms with van der Waals surface area (Å²) in [6, 6.07) is 3.84. The molecular weight excluding hydrogens is 376 g/mol. The maximum absolute atomic E-state index is 12.7. The van der Waals surface area contributed by atoms with Crippen molar-refractivity contribution in [3.05, 3.63) is 29.8 Å². The van der Waals surface area contributed by atoms with Crippen molar-refractivity contribution in [2.45, 2.75) is 36.5 Å². The van der Waals surface area contributed by atoms with Crippen molar-refractivity contribution in [1.82, 2.24) is 4.90 Å². The van der Waals surface area contributed by atoms with Crippen LogP contribution in [0.3, 0.4) is 0 Å². The summed E-state index contributed by atoms with van der Waals surface area (Å²) in [5.74, 6) is -4.05. The molecule has 1 aliphatic rings. The van der Waals surface area contributed by atoms with Crippen LogP contribution in [0.2, 0.25) is 0 Å². The van der Waals surface area contributed by atoms with E-state index in [0.29, 0.717) is 19.4 Å². The van der Waals surface area contributed by atoms with Crippen LogP contribution in [0.1, 0.15) is 30.1 Å². The van der Waals surface area contributed by atoms with Crippen molar-refractivity contribution in [1.29, 1.82) is 0 Å². The van der Waals surface area contributed by atoms with Gasteiger partial charge in [-0.3, -0.25) is 4.79 Å². The van der Waals surface area contributed by atoms with Gasteiger partial charge in [-0.25, -0.2) is 16.8 Å². The highest BCUT2D eigenvalue weighted by molar-refractivity contribution is 7.92. The fourth-order valence-electron chi connectivity index (χ4n) is 2.77. The van der Waals surface area contributed by atoms with E-state index in [9.17, 15) is 30.4 Å². The Bertz CT molecular complexity index is 835. The molecule has 1 unspecified atom stereocenters. The highest BCUT2D eigenvalue weighted by atomic mass is 32.2. The molecule has 0 N–H and O–H groups in total. The highest BCUT2D eigenvalue weighted by Gasteiger charge is 2.34. The van der Waals surface area contributed by atoms with E-state index in [1.807, 2.05) is 6.92 Å². The normalized spacial score (nSPS) is 19.9. The monoisotopic (exact) mass is 395 g/mol. The van der Waals surface area contributed by atoms with E-state index in [2.05, 4.69) is 0 Å². The van der Waals surface area contributed by atoms with Crippen LogP contribution < -0.4 is 0 Å². The van der Waals surface area contributed by atoms with Crippen LogP contribution in [0.15, 0.2) is 29.2 Å². The Labute approximate surface area is 145 Å². The van der Waals surface area contributed by atoms with Crippen LogP contribution in [0, 0.1) is 0 Å². The van der Waals surface area contributed by atoms with Crippen molar-refractivity contribution in [3.8, 4) is 0 Å². The second-order valence-electron chi connectivity index (χ2n) is 5.89. The summed E-state index contributed by atoms with van der Waals surface area (Å²) >= 11 is 0. The van der Waals surface area contributed by atoms with Gasteiger partial charge in [0, 0.05) is 18.2 Å². The molecule has 1 fully saturated rings. The van der Waals surface area contributed by atoms with Crippen molar-refractivity contribution in [2.24, 2.45) is 0 Å². The van der Waals surface area contributed by atoms with Crippen LogP contribution in [0.25, 0.3) is 0 Å². The number of sulfone groups is 2. The van der Waals surface area contributed by atoms with Crippen LogP contribution in [0.5, 0.6) is 0 Å². The lowest BCUT2D eigenvalue weighted by Crippen LogP contribution is -2.41. The molecular formula is C15H19F2NO5S2. The zero-order valence-corrected chi connectivity index (χ0v) is 15.2. The predicted octanol–water partition coefficient (Wildman–Crippen LogP) is 1.72. The molecule has 1 amide bonds. The van der Waals surface area contributed by atoms with Crippen molar-refractivity contribution >= 4 is 25.6 Å². The summed E-state index contributed by atoms with van der Waals surface area (Å²) in [7, 11) is -7.89. The predicted molar refractivity (Wildman–Crippen MR) is 88.0 cm³/mol. The third kappa shape index (κ3) is 4.35. The van der Waals surface area contributed by atoms with Gasteiger partial charge in [0.2, 0.25) is 9.84 Å². The number of rotatable bonds is 6. The van der Waals surface area contributed by atoms with E-state index in [-0.39, 0.29) is 17.1 Å². The van der Waals surface area contributed by atoms with Gasteiger partial charge in [-0.05, 0) is 37.1 Å². The molecule has 1 aliphatic heterocycles. The summed E-state index contributed by atoms with van der Waals surface area (Å²) < 4.78 is 71.2. The van der Waals surface area contributed by atoms with Gasteiger partial charge in [-0.1, -0.05) is 6.92 Å². The maximum atomic E-state index is 12.7. The topological polar surface area (TPSA) is 88.6 Å². The van der Waals surface area contributed by atoms with Crippen molar-refractivity contribution < 1.29 is 30.4 Å². The summed E-state index contributed by atoms with van der Waals surface area (Å²) in [6.45, 7) is 2.21. The number of carbonyl (C=O) groups is 1. The Hall–Kier alpha value is -1.55. The molecule has 0 spiro atoms. The lowest BCUT2D eigenvalue weighted by atomic mass is 10.1. The molecule has 1 saturated heterocycles. The number of nitrogens with zero attached hydrogens (tertiary/aromatic N) is 1. The minimum atomic E-state index is -4.72. The molecule has 1 atom stereocenters. The van der Waals surface area contributed by atoms with Crippen LogP contribution in [-0.2, 0) is 19.7 Å². The standard InChI is InChI=1S/C15H19F2NO5S2/c1-2-8-18(12-7-9-24(20,21)10-12)14(19)11-3-5-13(6-4-11)25(22,23)15(16)17/h3-6,12,15H,2,7-10H2,1H3. The number of benzene rings is 1. The molecule has 0 radical (unpaired) electrons. The molecule has 10 heteroatoms. The first-order chi connectivity index (χ1) is 11.6. The third-order valence-electron chi connectivity index (χ3n) is 4.04. The Morgan fingerprint density at radius 1 is 1.28 bits per heavy atom. The zero-order valence-electron chi connectivity index (χ0n) is 13.6. The van der Waals surface area contributed by atoms with Gasteiger partial charge in [-0.15, -0.1) is 0 Å². The number of hydrogen-bond donors (Lipinski definition) is 0. The molecule has 1 aromatic carbocycles. The zero-order chi connectivity index (χ0) is 18.8. The smallest absolute Gasteiger partial charge is 0.335 e. The van der Waals surface area contributed by atoms with E-state index in [0.717, 1.165) is 12.1 Å². The Kier molecular flexibility index (Phi) is 5.82. The van der Waals surface area contributed by atoms with Gasteiger partial charge in [0.15, 0.2) is 9.84 Å². The summed E-state index contributed by atoms with van der Waals surface area (Å²) in [5, 5.41) is 0. The first-order valence-electron chi connectivity index (χ1n) is 7.72. The number of alkyl halides is 2. The largest absolute Gasteiger partial charge is 0.341 e. The van der Waals surface area contributed by atoms with Gasteiger partial charge in [0.05, 0.1) is 16.4 Å². The van der Waals surface area contributed by atoms with Gasteiger partial charge >= 0.3 is 5.76 Å². The number of hydrogen-bond acceptors (Lipinski definition) is 5. The number of halogens is 2. The van der Waals surface area contributed by atoms with Crippen LogP contribution >= 0.6 is 0 Å². The van der Waals surface area contributed by atoms with Gasteiger partial charge in [0.1, 0.15) is 0 Å². The Morgan fingerprint density at radius 2 is 1.88 bits per heavy atom. The Balaban J connectivity index is 2.25. The highest BCUT2D eigenvalue weighted by Crippen LogP contribution is 2.22. The second-order valence-corrected chi connectivity index (χ2v) is 10.0. The first kappa shape index (κ1) is 19.8. The molecule has 0 saturated carbocycles. The third-order valence-corrected chi connectivity index (χ3v) is 7.19. The Morgan fingerprint density at radius 3 is 2.32 bits per heavy atom.